The molecule has 22 heavy (non-hydrogen) atoms. The molecule has 1 aliphatic carbocycles. The predicted molar refractivity (Wildman–Crippen MR) is 102 cm³/mol. The Hall–Kier alpha value is -0.790. The van der Waals surface area contributed by atoms with Crippen LogP contribution in [0.5, 0.6) is 0 Å². The Bertz CT molecular complexity index is 364. The minimum atomic E-state index is -0.0372. The Morgan fingerprint density at radius 3 is 2.55 bits per heavy atom. The van der Waals surface area contributed by atoms with Crippen molar-refractivity contribution in [3.05, 3.63) is 12.2 Å². The lowest BCUT2D eigenvalue weighted by atomic mass is 9.86. The molecule has 0 unspecified atom stereocenters. The fourth-order valence-electron chi connectivity index (χ4n) is 2.56. The summed E-state index contributed by atoms with van der Waals surface area (Å²) in [4.78, 5) is 15.9. The first kappa shape index (κ1) is 21.2. The van der Waals surface area contributed by atoms with E-state index in [0.717, 1.165) is 44.6 Å². The lowest BCUT2D eigenvalue weighted by Gasteiger charge is -2.29. The fourth-order valence-corrected chi connectivity index (χ4v) is 2.56. The Balaban J connectivity index is 0.00000441. The summed E-state index contributed by atoms with van der Waals surface area (Å²) in [6.45, 7) is 5.23. The van der Waals surface area contributed by atoms with Crippen LogP contribution in [0.1, 0.15) is 46.0 Å². The van der Waals surface area contributed by atoms with E-state index in [9.17, 15) is 4.79 Å². The van der Waals surface area contributed by atoms with Crippen LogP contribution in [0, 0.1) is 5.92 Å². The number of guanidine groups is 1. The van der Waals surface area contributed by atoms with Crippen molar-refractivity contribution in [2.24, 2.45) is 10.9 Å². The fraction of sp³-hybridized carbons (Fsp3) is 0.750. The van der Waals surface area contributed by atoms with E-state index in [4.69, 9.17) is 4.74 Å². The molecule has 6 heteroatoms. The number of allylic oxidation sites excluding steroid dienone is 1. The summed E-state index contributed by atoms with van der Waals surface area (Å²) in [6.07, 6.45) is 8.93. The van der Waals surface area contributed by atoms with Crippen molar-refractivity contribution in [2.75, 3.05) is 20.2 Å². The standard InChI is InChI=1S/C16H29N3O2.HI/c1-4-6-7-12-18-16(17-3)19-14-10-8-13(9-11-14)15(20)21-5-2;/h4,6,13-14H,5,7-12H2,1-3H3,(H2,17,18,19);1H. The van der Waals surface area contributed by atoms with Gasteiger partial charge in [-0.05, 0) is 46.0 Å². The quantitative estimate of drug-likeness (QED) is 0.172. The molecule has 0 atom stereocenters. The maximum atomic E-state index is 11.7. The van der Waals surface area contributed by atoms with E-state index in [0.29, 0.717) is 12.6 Å². The van der Waals surface area contributed by atoms with Gasteiger partial charge in [0.1, 0.15) is 0 Å². The largest absolute Gasteiger partial charge is 0.466 e. The second kappa shape index (κ2) is 12.7. The van der Waals surface area contributed by atoms with Crippen molar-refractivity contribution in [1.82, 2.24) is 10.6 Å². The highest BCUT2D eigenvalue weighted by Gasteiger charge is 2.27. The van der Waals surface area contributed by atoms with Crippen molar-refractivity contribution in [3.8, 4) is 0 Å². The molecule has 0 aromatic rings. The number of nitrogens with zero attached hydrogens (tertiary/aromatic N) is 1. The van der Waals surface area contributed by atoms with E-state index in [1.54, 1.807) is 7.05 Å². The molecule has 0 spiro atoms. The highest BCUT2D eigenvalue weighted by Crippen LogP contribution is 2.25. The summed E-state index contributed by atoms with van der Waals surface area (Å²) < 4.78 is 5.09. The molecule has 0 heterocycles. The van der Waals surface area contributed by atoms with Crippen LogP contribution < -0.4 is 10.6 Å². The van der Waals surface area contributed by atoms with Gasteiger partial charge in [0.25, 0.3) is 0 Å². The van der Waals surface area contributed by atoms with Crippen molar-refractivity contribution in [3.63, 3.8) is 0 Å². The van der Waals surface area contributed by atoms with E-state index in [1.807, 2.05) is 13.8 Å². The first-order valence-electron chi connectivity index (χ1n) is 7.96. The van der Waals surface area contributed by atoms with Gasteiger partial charge in [-0.2, -0.15) is 0 Å². The summed E-state index contributed by atoms with van der Waals surface area (Å²) in [6, 6.07) is 0.392. The Morgan fingerprint density at radius 1 is 1.32 bits per heavy atom. The van der Waals surface area contributed by atoms with Gasteiger partial charge in [0.2, 0.25) is 0 Å². The number of carbonyl (C=O) groups is 1. The maximum absolute atomic E-state index is 11.7. The average Bonchev–Trinajstić information content (AvgIpc) is 2.51. The lowest BCUT2D eigenvalue weighted by molar-refractivity contribution is -0.149. The predicted octanol–water partition coefficient (Wildman–Crippen LogP) is 2.86. The summed E-state index contributed by atoms with van der Waals surface area (Å²) in [5, 5.41) is 6.74. The molecule has 128 valence electrons. The van der Waals surface area contributed by atoms with Gasteiger partial charge >= 0.3 is 5.97 Å². The van der Waals surface area contributed by atoms with Gasteiger partial charge in [-0.3, -0.25) is 9.79 Å². The number of nitrogens with one attached hydrogen (secondary N) is 2. The molecule has 1 aliphatic rings. The molecule has 0 bridgehead atoms. The number of carbonyl (C=O) groups excluding carboxylic acids is 1. The highest BCUT2D eigenvalue weighted by molar-refractivity contribution is 14.0. The van der Waals surface area contributed by atoms with E-state index < -0.39 is 0 Å². The first-order chi connectivity index (χ1) is 10.2. The minimum absolute atomic E-state index is 0. The van der Waals surface area contributed by atoms with Crippen molar-refractivity contribution in [2.45, 2.75) is 52.0 Å². The van der Waals surface area contributed by atoms with Crippen LogP contribution in [-0.4, -0.2) is 38.2 Å². The monoisotopic (exact) mass is 423 g/mol. The second-order valence-electron chi connectivity index (χ2n) is 5.30. The number of ether oxygens (including phenoxy) is 1. The van der Waals surface area contributed by atoms with Crippen molar-refractivity contribution in [1.29, 1.82) is 0 Å². The summed E-state index contributed by atoms with van der Waals surface area (Å²) >= 11 is 0. The zero-order chi connectivity index (χ0) is 15.5. The average molecular weight is 423 g/mol. The molecule has 5 nitrogen and oxygen atoms in total. The molecule has 1 saturated carbocycles. The number of aliphatic imine (C=N–C) groups is 1. The molecule has 1 fully saturated rings. The van der Waals surface area contributed by atoms with Crippen LogP contribution in [0.4, 0.5) is 0 Å². The van der Waals surface area contributed by atoms with E-state index in [1.165, 1.54) is 0 Å². The third kappa shape index (κ3) is 8.00. The zero-order valence-corrected chi connectivity index (χ0v) is 16.3. The van der Waals surface area contributed by atoms with Gasteiger partial charge in [-0.25, -0.2) is 0 Å². The van der Waals surface area contributed by atoms with Gasteiger partial charge in [0, 0.05) is 19.6 Å². The lowest BCUT2D eigenvalue weighted by Crippen LogP contribution is -2.45. The van der Waals surface area contributed by atoms with E-state index in [-0.39, 0.29) is 35.9 Å². The summed E-state index contributed by atoms with van der Waals surface area (Å²) in [7, 11) is 1.79. The Morgan fingerprint density at radius 2 is 2.00 bits per heavy atom. The van der Waals surface area contributed by atoms with Gasteiger partial charge in [0.05, 0.1) is 12.5 Å². The Labute approximate surface area is 151 Å². The van der Waals surface area contributed by atoms with Gasteiger partial charge in [-0.1, -0.05) is 12.2 Å². The Kier molecular flexibility index (Phi) is 12.3. The summed E-state index contributed by atoms with van der Waals surface area (Å²) in [5.74, 6) is 0.886. The molecule has 1 rings (SSSR count). The van der Waals surface area contributed by atoms with Crippen LogP contribution in [0.2, 0.25) is 0 Å². The molecule has 2 N–H and O–H groups in total. The molecule has 0 aromatic heterocycles. The molecular weight excluding hydrogens is 393 g/mol. The number of rotatable bonds is 6. The third-order valence-corrected chi connectivity index (χ3v) is 3.75. The van der Waals surface area contributed by atoms with Crippen LogP contribution in [-0.2, 0) is 9.53 Å². The van der Waals surface area contributed by atoms with Crippen LogP contribution in [0.3, 0.4) is 0 Å². The topological polar surface area (TPSA) is 62.7 Å². The highest BCUT2D eigenvalue weighted by atomic mass is 127. The third-order valence-electron chi connectivity index (χ3n) is 3.75. The van der Waals surface area contributed by atoms with Crippen molar-refractivity contribution < 1.29 is 9.53 Å². The first-order valence-corrected chi connectivity index (χ1v) is 7.96. The van der Waals surface area contributed by atoms with Crippen molar-refractivity contribution >= 4 is 35.9 Å². The molecule has 0 amide bonds. The number of hydrogen-bond donors (Lipinski definition) is 2. The molecule has 0 aromatic carbocycles. The van der Waals surface area contributed by atoms with Crippen LogP contribution in [0.25, 0.3) is 0 Å². The minimum Gasteiger partial charge on any atom is -0.466 e. The number of hydrogen-bond acceptors (Lipinski definition) is 3. The molecular formula is C16H30IN3O2. The molecule has 0 saturated heterocycles. The van der Waals surface area contributed by atoms with Crippen LogP contribution >= 0.6 is 24.0 Å². The van der Waals surface area contributed by atoms with E-state index >= 15 is 0 Å². The smallest absolute Gasteiger partial charge is 0.308 e. The number of esters is 1. The molecule has 0 aliphatic heterocycles. The molecule has 0 radical (unpaired) electrons. The van der Waals surface area contributed by atoms with E-state index in [2.05, 4.69) is 27.8 Å². The van der Waals surface area contributed by atoms with Gasteiger partial charge in [0.15, 0.2) is 5.96 Å². The normalized spacial score (nSPS) is 22.0. The zero-order valence-electron chi connectivity index (χ0n) is 13.9. The maximum Gasteiger partial charge on any atom is 0.308 e. The van der Waals surface area contributed by atoms with Gasteiger partial charge < -0.3 is 15.4 Å². The summed E-state index contributed by atoms with van der Waals surface area (Å²) in [5.41, 5.74) is 0. The van der Waals surface area contributed by atoms with Crippen LogP contribution in [0.15, 0.2) is 17.1 Å². The van der Waals surface area contributed by atoms with Gasteiger partial charge in [-0.15, -0.1) is 24.0 Å². The number of halogens is 1. The SMILES string of the molecule is CC=CCCNC(=NC)NC1CCC(C(=O)OCC)CC1.I. The second-order valence-corrected chi connectivity index (χ2v) is 5.30.